The molecule has 0 aliphatic heterocycles. The molecular weight excluding hydrogens is 514 g/mol. The van der Waals surface area contributed by atoms with Gasteiger partial charge in [-0.1, -0.05) is 121 Å². The molecule has 7 nitrogen and oxygen atoms in total. The monoisotopic (exact) mass is 541 g/mol. The quantitative estimate of drug-likeness (QED) is 0.161. The molecule has 5 rings (SSSR count). The topological polar surface area (TPSA) is 101 Å². The Morgan fingerprint density at radius 2 is 0.805 bits per heavy atom. The van der Waals surface area contributed by atoms with Crippen molar-refractivity contribution in [1.29, 1.82) is 0 Å². The van der Waals surface area contributed by atoms with Gasteiger partial charge in [0, 0.05) is 23.3 Å². The van der Waals surface area contributed by atoms with E-state index in [0.29, 0.717) is 0 Å². The number of nitro benzene ring substituents is 1. The fraction of sp³-hybridized carbons (Fsp3) is 0.0588. The molecule has 202 valence electrons. The number of carbonyl (C=O) groups is 2. The first-order chi connectivity index (χ1) is 20.0. The molecule has 7 heteroatoms. The first-order valence-electron chi connectivity index (χ1n) is 13.1. The standard InChI is InChI=1S/C34H27N3O4/c38-33(35-31(24-13-5-1-6-14-24)25-15-7-2-8-16-25)28-21-29(23-30(22-28)37(40)41)34(39)36-32(26-17-9-3-10-18-26)27-19-11-4-12-20-27/h1-23,31-32H,(H,35,38)(H,36,39). The minimum atomic E-state index is -0.606. The number of benzene rings is 5. The van der Waals surface area contributed by atoms with Crippen molar-refractivity contribution in [3.05, 3.63) is 183 Å². The van der Waals surface area contributed by atoms with Crippen molar-refractivity contribution < 1.29 is 14.5 Å². The zero-order valence-corrected chi connectivity index (χ0v) is 22.0. The van der Waals surface area contributed by atoms with Crippen LogP contribution in [0.5, 0.6) is 0 Å². The highest BCUT2D eigenvalue weighted by molar-refractivity contribution is 6.01. The van der Waals surface area contributed by atoms with Crippen LogP contribution < -0.4 is 10.6 Å². The molecule has 0 atom stereocenters. The van der Waals surface area contributed by atoms with Gasteiger partial charge in [0.2, 0.25) is 0 Å². The van der Waals surface area contributed by atoms with Crippen molar-refractivity contribution in [3.63, 3.8) is 0 Å². The van der Waals surface area contributed by atoms with Crippen LogP contribution in [0.2, 0.25) is 0 Å². The number of nitrogens with zero attached hydrogens (tertiary/aromatic N) is 1. The van der Waals surface area contributed by atoms with Gasteiger partial charge in [-0.15, -0.1) is 0 Å². The van der Waals surface area contributed by atoms with Gasteiger partial charge in [0.15, 0.2) is 0 Å². The summed E-state index contributed by atoms with van der Waals surface area (Å²) >= 11 is 0. The van der Waals surface area contributed by atoms with Crippen LogP contribution in [0.1, 0.15) is 55.1 Å². The fourth-order valence-corrected chi connectivity index (χ4v) is 4.71. The molecule has 0 heterocycles. The first kappa shape index (κ1) is 27.0. The Kier molecular flexibility index (Phi) is 8.26. The SMILES string of the molecule is O=C(NC(c1ccccc1)c1ccccc1)c1cc(C(=O)NC(c2ccccc2)c2ccccc2)cc([N+](=O)[O-])c1. The van der Waals surface area contributed by atoms with Crippen molar-refractivity contribution in [3.8, 4) is 0 Å². The van der Waals surface area contributed by atoms with E-state index in [1.54, 1.807) is 0 Å². The van der Waals surface area contributed by atoms with E-state index in [2.05, 4.69) is 10.6 Å². The van der Waals surface area contributed by atoms with Crippen LogP contribution in [-0.4, -0.2) is 16.7 Å². The molecule has 0 fully saturated rings. The summed E-state index contributed by atoms with van der Waals surface area (Å²) in [6.45, 7) is 0. The molecule has 5 aromatic rings. The zero-order chi connectivity index (χ0) is 28.6. The van der Waals surface area contributed by atoms with Crippen LogP contribution in [-0.2, 0) is 0 Å². The Morgan fingerprint density at radius 3 is 1.07 bits per heavy atom. The van der Waals surface area contributed by atoms with E-state index >= 15 is 0 Å². The van der Waals surface area contributed by atoms with Crippen molar-refractivity contribution in [2.75, 3.05) is 0 Å². The lowest BCUT2D eigenvalue weighted by atomic mass is 9.97. The smallest absolute Gasteiger partial charge is 0.271 e. The van der Waals surface area contributed by atoms with Gasteiger partial charge in [0.25, 0.3) is 17.5 Å². The summed E-state index contributed by atoms with van der Waals surface area (Å²) in [6, 6.07) is 40.5. The van der Waals surface area contributed by atoms with Gasteiger partial charge < -0.3 is 10.6 Å². The average molecular weight is 542 g/mol. The molecule has 0 aromatic heterocycles. The summed E-state index contributed by atoms with van der Waals surface area (Å²) in [5, 5.41) is 17.8. The van der Waals surface area contributed by atoms with Gasteiger partial charge in [0.05, 0.1) is 17.0 Å². The molecule has 0 spiro atoms. The van der Waals surface area contributed by atoms with Gasteiger partial charge in [-0.05, 0) is 28.3 Å². The molecular formula is C34H27N3O4. The average Bonchev–Trinajstić information content (AvgIpc) is 3.03. The van der Waals surface area contributed by atoms with Crippen LogP contribution in [0.25, 0.3) is 0 Å². The number of amides is 2. The van der Waals surface area contributed by atoms with E-state index in [-0.39, 0.29) is 16.8 Å². The molecule has 41 heavy (non-hydrogen) atoms. The van der Waals surface area contributed by atoms with Crippen LogP contribution in [0.4, 0.5) is 5.69 Å². The second-order valence-corrected chi connectivity index (χ2v) is 9.48. The van der Waals surface area contributed by atoms with Crippen LogP contribution in [0, 0.1) is 10.1 Å². The predicted octanol–water partition coefficient (Wildman–Crippen LogP) is 6.63. The van der Waals surface area contributed by atoms with Gasteiger partial charge in [0.1, 0.15) is 0 Å². The minimum absolute atomic E-state index is 0.0113. The van der Waals surface area contributed by atoms with E-state index in [9.17, 15) is 19.7 Å². The highest BCUT2D eigenvalue weighted by Gasteiger charge is 2.24. The summed E-state index contributed by atoms with van der Waals surface area (Å²) < 4.78 is 0. The van der Waals surface area contributed by atoms with E-state index in [1.165, 1.54) is 18.2 Å². The van der Waals surface area contributed by atoms with E-state index in [4.69, 9.17) is 0 Å². The maximum Gasteiger partial charge on any atom is 0.271 e. The highest BCUT2D eigenvalue weighted by Crippen LogP contribution is 2.26. The summed E-state index contributed by atoms with van der Waals surface area (Å²) in [4.78, 5) is 38.3. The molecule has 2 N–H and O–H groups in total. The number of non-ortho nitro benzene ring substituents is 1. The van der Waals surface area contributed by atoms with E-state index in [0.717, 1.165) is 22.3 Å². The Hall–Kier alpha value is -5.56. The molecule has 5 aromatic carbocycles. The maximum absolute atomic E-state index is 13.6. The predicted molar refractivity (Wildman–Crippen MR) is 157 cm³/mol. The van der Waals surface area contributed by atoms with Gasteiger partial charge in [-0.3, -0.25) is 19.7 Å². The summed E-state index contributed by atoms with van der Waals surface area (Å²) in [6.07, 6.45) is 0. The third-order valence-corrected chi connectivity index (χ3v) is 6.74. The molecule has 0 radical (unpaired) electrons. The number of hydrogen-bond acceptors (Lipinski definition) is 4. The van der Waals surface area contributed by atoms with Crippen LogP contribution in [0.3, 0.4) is 0 Å². The second-order valence-electron chi connectivity index (χ2n) is 9.48. The molecule has 0 aliphatic rings. The van der Waals surface area contributed by atoms with Crippen LogP contribution >= 0.6 is 0 Å². The molecule has 0 bridgehead atoms. The Morgan fingerprint density at radius 1 is 0.512 bits per heavy atom. The van der Waals surface area contributed by atoms with Gasteiger partial charge >= 0.3 is 0 Å². The number of carbonyl (C=O) groups excluding carboxylic acids is 2. The van der Waals surface area contributed by atoms with Crippen molar-refractivity contribution >= 4 is 17.5 Å². The molecule has 2 amide bonds. The maximum atomic E-state index is 13.6. The zero-order valence-electron chi connectivity index (χ0n) is 22.0. The molecule has 0 saturated carbocycles. The number of nitrogens with one attached hydrogen (secondary N) is 2. The number of hydrogen-bond donors (Lipinski definition) is 2. The lowest BCUT2D eigenvalue weighted by Gasteiger charge is -2.21. The fourth-order valence-electron chi connectivity index (χ4n) is 4.71. The molecule has 0 saturated heterocycles. The van der Waals surface area contributed by atoms with Crippen molar-refractivity contribution in [2.24, 2.45) is 0 Å². The largest absolute Gasteiger partial charge is 0.341 e. The van der Waals surface area contributed by atoms with Crippen molar-refractivity contribution in [2.45, 2.75) is 12.1 Å². The van der Waals surface area contributed by atoms with Gasteiger partial charge in [-0.25, -0.2) is 0 Å². The lowest BCUT2D eigenvalue weighted by molar-refractivity contribution is -0.384. The minimum Gasteiger partial charge on any atom is -0.341 e. The summed E-state index contributed by atoms with van der Waals surface area (Å²) in [5.41, 5.74) is 3.07. The molecule has 0 aliphatic carbocycles. The number of nitro groups is 1. The van der Waals surface area contributed by atoms with E-state index < -0.39 is 28.8 Å². The summed E-state index contributed by atoms with van der Waals surface area (Å²) in [7, 11) is 0. The van der Waals surface area contributed by atoms with Crippen LogP contribution in [0.15, 0.2) is 140 Å². The molecule has 0 unspecified atom stereocenters. The number of rotatable bonds is 9. The Balaban J connectivity index is 1.47. The van der Waals surface area contributed by atoms with Crippen molar-refractivity contribution in [1.82, 2.24) is 10.6 Å². The first-order valence-corrected chi connectivity index (χ1v) is 13.1. The normalized spacial score (nSPS) is 10.8. The highest BCUT2D eigenvalue weighted by atomic mass is 16.6. The third kappa shape index (κ3) is 6.54. The Labute approximate surface area is 237 Å². The second kappa shape index (κ2) is 12.5. The summed E-state index contributed by atoms with van der Waals surface area (Å²) in [5.74, 6) is -1.08. The van der Waals surface area contributed by atoms with Gasteiger partial charge in [-0.2, -0.15) is 0 Å². The lowest BCUT2D eigenvalue weighted by Crippen LogP contribution is -2.31. The third-order valence-electron chi connectivity index (χ3n) is 6.74. The Bertz CT molecular complexity index is 1450. The van der Waals surface area contributed by atoms with E-state index in [1.807, 2.05) is 121 Å².